The summed E-state index contributed by atoms with van der Waals surface area (Å²) in [6.07, 6.45) is 0. The van der Waals surface area contributed by atoms with E-state index < -0.39 is 0 Å². The summed E-state index contributed by atoms with van der Waals surface area (Å²) in [6, 6.07) is 22.4. The number of para-hydroxylation sites is 1. The maximum atomic E-state index is 4.77. The van der Waals surface area contributed by atoms with Crippen molar-refractivity contribution >= 4 is 33.4 Å². The van der Waals surface area contributed by atoms with Crippen molar-refractivity contribution in [3.63, 3.8) is 0 Å². The second-order valence-corrected chi connectivity index (χ2v) is 6.33. The Hall–Kier alpha value is -3.80. The number of aryl methyl sites for hydroxylation is 1. The van der Waals surface area contributed by atoms with Crippen molar-refractivity contribution in [2.45, 2.75) is 6.92 Å². The molecule has 6 nitrogen and oxygen atoms in total. The van der Waals surface area contributed by atoms with Gasteiger partial charge in [-0.2, -0.15) is 10.1 Å². The van der Waals surface area contributed by atoms with E-state index in [1.807, 2.05) is 43.3 Å². The minimum absolute atomic E-state index is 0.556. The lowest BCUT2D eigenvalue weighted by Gasteiger charge is -2.10. The van der Waals surface area contributed by atoms with Gasteiger partial charge in [0.05, 0.1) is 5.52 Å². The highest BCUT2D eigenvalue weighted by Crippen LogP contribution is 2.28. The van der Waals surface area contributed by atoms with Gasteiger partial charge in [-0.05, 0) is 35.9 Å². The molecule has 3 aromatic carbocycles. The molecular weight excluding hydrogens is 336 g/mol. The van der Waals surface area contributed by atoms with E-state index in [1.165, 1.54) is 5.39 Å². The van der Waals surface area contributed by atoms with E-state index in [9.17, 15) is 0 Å². The van der Waals surface area contributed by atoms with E-state index in [0.29, 0.717) is 23.4 Å². The lowest BCUT2D eigenvalue weighted by Crippen LogP contribution is -2.00. The maximum absolute atomic E-state index is 4.77. The predicted octanol–water partition coefficient (Wildman–Crippen LogP) is 4.62. The third kappa shape index (κ3) is 2.87. The molecule has 6 heteroatoms. The molecule has 0 aliphatic heterocycles. The Bertz CT molecular complexity index is 1270. The zero-order valence-corrected chi connectivity index (χ0v) is 14.6. The van der Waals surface area contributed by atoms with E-state index in [0.717, 1.165) is 21.9 Å². The summed E-state index contributed by atoms with van der Waals surface area (Å²) >= 11 is 0. The quantitative estimate of drug-likeness (QED) is 0.495. The van der Waals surface area contributed by atoms with Crippen molar-refractivity contribution in [3.05, 3.63) is 72.6 Å². The molecule has 0 aliphatic rings. The summed E-state index contributed by atoms with van der Waals surface area (Å²) in [5.74, 6) is 2.59. The fourth-order valence-corrected chi connectivity index (χ4v) is 3.14. The maximum Gasteiger partial charge on any atom is 0.224 e. The summed E-state index contributed by atoms with van der Waals surface area (Å²) in [4.78, 5) is 13.9. The largest absolute Gasteiger partial charge is 0.309 e. The SMILES string of the molecule is Cc1n[nH]c(Nc2nc(-c3ccc4ccccc4c3)nc3ccccc23)n1. The summed E-state index contributed by atoms with van der Waals surface area (Å²) in [5.41, 5.74) is 1.84. The van der Waals surface area contributed by atoms with Gasteiger partial charge in [-0.15, -0.1) is 0 Å². The fourth-order valence-electron chi connectivity index (χ4n) is 3.14. The average molecular weight is 352 g/mol. The van der Waals surface area contributed by atoms with Gasteiger partial charge in [0, 0.05) is 10.9 Å². The van der Waals surface area contributed by atoms with Crippen molar-refractivity contribution in [2.75, 3.05) is 5.32 Å². The lowest BCUT2D eigenvalue weighted by molar-refractivity contribution is 1.04. The molecule has 0 saturated heterocycles. The van der Waals surface area contributed by atoms with Gasteiger partial charge in [-0.25, -0.2) is 15.1 Å². The molecule has 5 rings (SSSR count). The molecule has 0 spiro atoms. The van der Waals surface area contributed by atoms with Gasteiger partial charge in [0.15, 0.2) is 5.82 Å². The molecule has 0 radical (unpaired) electrons. The van der Waals surface area contributed by atoms with Crippen LogP contribution in [0.5, 0.6) is 0 Å². The third-order valence-corrected chi connectivity index (χ3v) is 4.44. The number of H-pyrrole nitrogens is 1. The van der Waals surface area contributed by atoms with Crippen LogP contribution in [-0.4, -0.2) is 25.1 Å². The Morgan fingerprint density at radius 3 is 2.48 bits per heavy atom. The molecule has 0 saturated carbocycles. The van der Waals surface area contributed by atoms with Crippen LogP contribution < -0.4 is 5.32 Å². The predicted molar refractivity (Wildman–Crippen MR) is 107 cm³/mol. The van der Waals surface area contributed by atoms with Crippen LogP contribution in [0.4, 0.5) is 11.8 Å². The summed E-state index contributed by atoms with van der Waals surface area (Å²) < 4.78 is 0. The number of benzene rings is 3. The van der Waals surface area contributed by atoms with Gasteiger partial charge >= 0.3 is 0 Å². The van der Waals surface area contributed by atoms with Crippen LogP contribution in [0.3, 0.4) is 0 Å². The topological polar surface area (TPSA) is 79.4 Å². The van der Waals surface area contributed by atoms with Gasteiger partial charge in [-0.1, -0.05) is 48.5 Å². The highest BCUT2D eigenvalue weighted by Gasteiger charge is 2.11. The van der Waals surface area contributed by atoms with Crippen LogP contribution in [-0.2, 0) is 0 Å². The molecule has 0 aliphatic carbocycles. The zero-order chi connectivity index (χ0) is 18.2. The van der Waals surface area contributed by atoms with E-state index in [4.69, 9.17) is 9.97 Å². The molecule has 0 amide bonds. The summed E-state index contributed by atoms with van der Waals surface area (Å²) in [7, 11) is 0. The van der Waals surface area contributed by atoms with Crippen molar-refractivity contribution < 1.29 is 0 Å². The number of nitrogens with one attached hydrogen (secondary N) is 2. The molecule has 0 bridgehead atoms. The Morgan fingerprint density at radius 2 is 1.63 bits per heavy atom. The molecule has 0 atom stereocenters. The number of aromatic nitrogens is 5. The molecule has 2 N–H and O–H groups in total. The van der Waals surface area contributed by atoms with Gasteiger partial charge in [-0.3, -0.25) is 0 Å². The Balaban J connectivity index is 1.67. The van der Waals surface area contributed by atoms with E-state index in [2.05, 4.69) is 50.8 Å². The molecule has 0 fully saturated rings. The monoisotopic (exact) mass is 352 g/mol. The number of rotatable bonds is 3. The first-order valence-corrected chi connectivity index (χ1v) is 8.68. The van der Waals surface area contributed by atoms with Crippen molar-refractivity contribution in [3.8, 4) is 11.4 Å². The first-order chi connectivity index (χ1) is 13.3. The first-order valence-electron chi connectivity index (χ1n) is 8.68. The van der Waals surface area contributed by atoms with E-state index >= 15 is 0 Å². The standard InChI is InChI=1S/C21H16N6/c1-13-22-21(27-26-13)25-20-17-8-4-5-9-18(17)23-19(24-20)16-11-10-14-6-2-3-7-15(14)12-16/h2-12H,1H3,(H2,22,23,24,25,26,27). The van der Waals surface area contributed by atoms with Crippen molar-refractivity contribution in [2.24, 2.45) is 0 Å². The molecule has 27 heavy (non-hydrogen) atoms. The Morgan fingerprint density at radius 1 is 0.815 bits per heavy atom. The summed E-state index contributed by atoms with van der Waals surface area (Å²) in [5, 5.41) is 13.4. The van der Waals surface area contributed by atoms with Crippen molar-refractivity contribution in [1.29, 1.82) is 0 Å². The molecule has 130 valence electrons. The van der Waals surface area contributed by atoms with E-state index in [1.54, 1.807) is 0 Å². The Kier molecular flexibility index (Phi) is 3.53. The lowest BCUT2D eigenvalue weighted by atomic mass is 10.1. The normalized spacial score (nSPS) is 11.1. The third-order valence-electron chi connectivity index (χ3n) is 4.44. The number of anilines is 2. The van der Waals surface area contributed by atoms with Crippen LogP contribution in [0.25, 0.3) is 33.1 Å². The van der Waals surface area contributed by atoms with Crippen LogP contribution in [0, 0.1) is 6.92 Å². The molecule has 2 heterocycles. The number of fused-ring (bicyclic) bond motifs is 2. The average Bonchev–Trinajstić information content (AvgIpc) is 3.12. The van der Waals surface area contributed by atoms with Crippen LogP contribution in [0.2, 0.25) is 0 Å². The van der Waals surface area contributed by atoms with Crippen LogP contribution in [0.15, 0.2) is 66.7 Å². The number of hydrogen-bond acceptors (Lipinski definition) is 5. The molecule has 5 aromatic rings. The van der Waals surface area contributed by atoms with Gasteiger partial charge in [0.1, 0.15) is 11.6 Å². The molecule has 2 aromatic heterocycles. The van der Waals surface area contributed by atoms with Gasteiger partial charge in [0.25, 0.3) is 0 Å². The van der Waals surface area contributed by atoms with Gasteiger partial charge in [0.2, 0.25) is 5.95 Å². The van der Waals surface area contributed by atoms with Crippen LogP contribution >= 0.6 is 0 Å². The molecule has 0 unspecified atom stereocenters. The minimum Gasteiger partial charge on any atom is -0.309 e. The number of nitrogens with zero attached hydrogens (tertiary/aromatic N) is 4. The highest BCUT2D eigenvalue weighted by atomic mass is 15.3. The summed E-state index contributed by atoms with van der Waals surface area (Å²) in [6.45, 7) is 1.83. The second kappa shape index (κ2) is 6.17. The number of hydrogen-bond donors (Lipinski definition) is 2. The second-order valence-electron chi connectivity index (χ2n) is 6.33. The first kappa shape index (κ1) is 15.5. The van der Waals surface area contributed by atoms with Crippen LogP contribution in [0.1, 0.15) is 5.82 Å². The zero-order valence-electron chi connectivity index (χ0n) is 14.6. The van der Waals surface area contributed by atoms with E-state index in [-0.39, 0.29) is 0 Å². The van der Waals surface area contributed by atoms with Crippen molar-refractivity contribution in [1.82, 2.24) is 25.1 Å². The Labute approximate surface area is 155 Å². The number of aromatic amines is 1. The highest BCUT2D eigenvalue weighted by molar-refractivity contribution is 5.93. The van der Waals surface area contributed by atoms with Gasteiger partial charge < -0.3 is 5.32 Å². The molecular formula is C21H16N6. The fraction of sp³-hybridized carbons (Fsp3) is 0.0476. The smallest absolute Gasteiger partial charge is 0.224 e. The minimum atomic E-state index is 0.556.